The van der Waals surface area contributed by atoms with Crippen LogP contribution >= 0.6 is 11.6 Å². The number of hydrogen-bond acceptors (Lipinski definition) is 8. The van der Waals surface area contributed by atoms with E-state index in [0.717, 1.165) is 32.7 Å². The Morgan fingerprint density at radius 2 is 1.83 bits per heavy atom. The second-order valence-electron chi connectivity index (χ2n) is 8.68. The summed E-state index contributed by atoms with van der Waals surface area (Å²) >= 11 is 6.03. The number of aromatic nitrogens is 3. The summed E-state index contributed by atoms with van der Waals surface area (Å²) in [6.07, 6.45) is 1.99. The molecule has 36 heavy (non-hydrogen) atoms. The van der Waals surface area contributed by atoms with Crippen LogP contribution in [0, 0.1) is 12.7 Å². The van der Waals surface area contributed by atoms with Crippen LogP contribution in [0.4, 0.5) is 21.6 Å². The summed E-state index contributed by atoms with van der Waals surface area (Å²) < 4.78 is 14.3. The van der Waals surface area contributed by atoms with Gasteiger partial charge < -0.3 is 21.3 Å². The molecule has 0 bridgehead atoms. The lowest BCUT2D eigenvalue weighted by molar-refractivity contribution is -0.116. The van der Waals surface area contributed by atoms with E-state index in [1.165, 1.54) is 18.2 Å². The van der Waals surface area contributed by atoms with Crippen molar-refractivity contribution in [2.24, 2.45) is 5.73 Å². The second kappa shape index (κ2) is 12.2. The maximum atomic E-state index is 14.3. The average molecular weight is 513 g/mol. The highest BCUT2D eigenvalue weighted by Crippen LogP contribution is 2.28. The zero-order valence-corrected chi connectivity index (χ0v) is 20.9. The highest BCUT2D eigenvalue weighted by atomic mass is 35.5. The molecule has 190 valence electrons. The molecule has 2 aromatic heterocycles. The van der Waals surface area contributed by atoms with Crippen LogP contribution in [-0.4, -0.2) is 76.7 Å². The predicted molar refractivity (Wildman–Crippen MR) is 140 cm³/mol. The van der Waals surface area contributed by atoms with Crippen LogP contribution in [0.3, 0.4) is 0 Å². The Morgan fingerprint density at radius 1 is 1.08 bits per heavy atom. The van der Waals surface area contributed by atoms with Crippen molar-refractivity contribution in [1.29, 1.82) is 0 Å². The van der Waals surface area contributed by atoms with E-state index in [0.29, 0.717) is 53.1 Å². The number of aryl methyl sites for hydroxylation is 1. The Bertz CT molecular complexity index is 1200. The lowest BCUT2D eigenvalue weighted by Crippen LogP contribution is -2.48. The van der Waals surface area contributed by atoms with Gasteiger partial charge in [0.25, 0.3) is 0 Å². The first-order valence-corrected chi connectivity index (χ1v) is 12.3. The Labute approximate surface area is 214 Å². The molecule has 4 rings (SSSR count). The van der Waals surface area contributed by atoms with E-state index < -0.39 is 5.82 Å². The number of amides is 1. The molecule has 1 amide bonds. The van der Waals surface area contributed by atoms with Crippen LogP contribution in [0.5, 0.6) is 0 Å². The fraction of sp³-hybridized carbons (Fsp3) is 0.360. The van der Waals surface area contributed by atoms with Gasteiger partial charge in [-0.3, -0.25) is 9.69 Å². The third kappa shape index (κ3) is 6.94. The highest BCUT2D eigenvalue weighted by molar-refractivity contribution is 6.30. The van der Waals surface area contributed by atoms with Gasteiger partial charge in [0.2, 0.25) is 5.91 Å². The van der Waals surface area contributed by atoms with Crippen molar-refractivity contribution < 1.29 is 9.18 Å². The van der Waals surface area contributed by atoms with Gasteiger partial charge >= 0.3 is 0 Å². The molecule has 0 radical (unpaired) electrons. The third-order valence-electron chi connectivity index (χ3n) is 6.05. The van der Waals surface area contributed by atoms with Gasteiger partial charge in [-0.15, -0.1) is 0 Å². The van der Waals surface area contributed by atoms with E-state index in [-0.39, 0.29) is 11.5 Å². The maximum absolute atomic E-state index is 14.3. The molecule has 0 saturated carbocycles. The number of halogens is 2. The van der Waals surface area contributed by atoms with Crippen molar-refractivity contribution in [3.8, 4) is 11.3 Å². The number of nitrogens with zero attached hydrogens (tertiary/aromatic N) is 5. The maximum Gasteiger partial charge on any atom is 0.226 e. The summed E-state index contributed by atoms with van der Waals surface area (Å²) in [4.78, 5) is 21.4. The highest BCUT2D eigenvalue weighted by Gasteiger charge is 2.17. The normalized spacial score (nSPS) is 14.6. The number of pyridine rings is 1. The Kier molecular flexibility index (Phi) is 8.76. The van der Waals surface area contributed by atoms with Crippen molar-refractivity contribution in [3.05, 3.63) is 59.1 Å². The van der Waals surface area contributed by atoms with Crippen LogP contribution in [0.1, 0.15) is 12.1 Å². The predicted octanol–water partition coefficient (Wildman–Crippen LogP) is 3.29. The Balaban J connectivity index is 1.36. The summed E-state index contributed by atoms with van der Waals surface area (Å²) in [6.45, 7) is 7.90. The molecule has 0 unspecified atom stereocenters. The smallest absolute Gasteiger partial charge is 0.226 e. The average Bonchev–Trinajstić information content (AvgIpc) is 2.87. The number of anilines is 3. The minimum Gasteiger partial charge on any atom is -0.354 e. The number of nitrogens with two attached hydrogens (primary N) is 1. The molecule has 0 spiro atoms. The Morgan fingerprint density at radius 3 is 2.58 bits per heavy atom. The number of piperazine rings is 1. The van der Waals surface area contributed by atoms with E-state index in [4.69, 9.17) is 17.3 Å². The first-order valence-electron chi connectivity index (χ1n) is 11.9. The molecule has 0 atom stereocenters. The van der Waals surface area contributed by atoms with Crippen LogP contribution in [0.2, 0.25) is 5.02 Å². The van der Waals surface area contributed by atoms with Crippen molar-refractivity contribution in [3.63, 3.8) is 0 Å². The number of carbonyl (C=O) groups excluding carboxylic acids is 1. The van der Waals surface area contributed by atoms with E-state index in [2.05, 4.69) is 35.6 Å². The zero-order chi connectivity index (χ0) is 25.5. The third-order valence-corrected chi connectivity index (χ3v) is 6.29. The molecule has 1 aromatic carbocycles. The molecule has 1 aliphatic heterocycles. The second-order valence-corrected chi connectivity index (χ2v) is 9.11. The molecular weight excluding hydrogens is 483 g/mol. The summed E-state index contributed by atoms with van der Waals surface area (Å²) in [5, 5.41) is 14.8. The Hall–Kier alpha value is -3.18. The number of nitrogens with one attached hydrogen (secondary N) is 2. The number of carbonyl (C=O) groups is 1. The van der Waals surface area contributed by atoms with Crippen molar-refractivity contribution >= 4 is 34.7 Å². The van der Waals surface area contributed by atoms with Crippen LogP contribution < -0.4 is 16.4 Å². The summed E-state index contributed by atoms with van der Waals surface area (Å²) in [7, 11) is 0. The molecule has 0 aliphatic carbocycles. The molecular formula is C25H30ClFN8O. The SMILES string of the molecule is Cc1nnc(-c2cc(Cl)ccc2F)cc1Nc1ccnc(NC(=O)CCN2CCN(CCN)CC2)c1. The molecule has 4 N–H and O–H groups in total. The molecule has 1 aliphatic rings. The quantitative estimate of drug-likeness (QED) is 0.400. The van der Waals surface area contributed by atoms with E-state index >= 15 is 0 Å². The summed E-state index contributed by atoms with van der Waals surface area (Å²) in [5.41, 5.74) is 8.23. The topological polar surface area (TPSA) is 112 Å². The molecule has 1 fully saturated rings. The first kappa shape index (κ1) is 25.9. The fourth-order valence-corrected chi connectivity index (χ4v) is 4.19. The zero-order valence-electron chi connectivity index (χ0n) is 20.2. The number of rotatable bonds is 9. The molecule has 3 heterocycles. The van der Waals surface area contributed by atoms with Gasteiger partial charge in [0, 0.05) is 80.8 Å². The van der Waals surface area contributed by atoms with Gasteiger partial charge in [-0.1, -0.05) is 11.6 Å². The summed E-state index contributed by atoms with van der Waals surface area (Å²) in [6, 6.07) is 9.52. The number of hydrogen-bond donors (Lipinski definition) is 3. The van der Waals surface area contributed by atoms with Gasteiger partial charge in [-0.2, -0.15) is 10.2 Å². The lowest BCUT2D eigenvalue weighted by Gasteiger charge is -2.34. The molecule has 9 nitrogen and oxygen atoms in total. The number of benzene rings is 1. The molecule has 11 heteroatoms. The standard InChI is InChI=1S/C25H30ClFN8O/c1-17-22(16-23(33-32-17)20-14-18(26)2-3-21(20)27)30-19-4-7-29-24(15-19)31-25(36)5-8-34-10-12-35(9-6-28)13-11-34/h2-4,7,14-16H,5-6,8-13,28H2,1H3,(H2,29,30,31,33,36). The minimum atomic E-state index is -0.435. The van der Waals surface area contributed by atoms with Gasteiger partial charge in [0.05, 0.1) is 17.1 Å². The lowest BCUT2D eigenvalue weighted by atomic mass is 10.1. The monoisotopic (exact) mass is 512 g/mol. The van der Waals surface area contributed by atoms with E-state index in [1.807, 2.05) is 0 Å². The fourth-order valence-electron chi connectivity index (χ4n) is 4.02. The van der Waals surface area contributed by atoms with Gasteiger partial charge in [0.1, 0.15) is 11.6 Å². The van der Waals surface area contributed by atoms with E-state index in [1.54, 1.807) is 31.3 Å². The van der Waals surface area contributed by atoms with Crippen LogP contribution in [0.15, 0.2) is 42.6 Å². The van der Waals surface area contributed by atoms with Crippen molar-refractivity contribution in [2.45, 2.75) is 13.3 Å². The van der Waals surface area contributed by atoms with Crippen LogP contribution in [0.25, 0.3) is 11.3 Å². The van der Waals surface area contributed by atoms with Gasteiger partial charge in [-0.05, 0) is 37.3 Å². The molecule has 3 aromatic rings. The van der Waals surface area contributed by atoms with Gasteiger partial charge in [0.15, 0.2) is 0 Å². The van der Waals surface area contributed by atoms with Crippen molar-refractivity contribution in [1.82, 2.24) is 25.0 Å². The largest absolute Gasteiger partial charge is 0.354 e. The molecule has 1 saturated heterocycles. The van der Waals surface area contributed by atoms with E-state index in [9.17, 15) is 9.18 Å². The van der Waals surface area contributed by atoms with Crippen LogP contribution in [-0.2, 0) is 4.79 Å². The minimum absolute atomic E-state index is 0.0930. The summed E-state index contributed by atoms with van der Waals surface area (Å²) in [5.74, 6) is -0.0853. The first-order chi connectivity index (χ1) is 17.4. The van der Waals surface area contributed by atoms with Crippen molar-refractivity contribution in [2.75, 3.05) is 56.4 Å². The van der Waals surface area contributed by atoms with Gasteiger partial charge in [-0.25, -0.2) is 9.37 Å².